The van der Waals surface area contributed by atoms with Crippen LogP contribution in [0.3, 0.4) is 0 Å². The number of rotatable bonds is 4. The largest absolute Gasteiger partial charge is 0.355 e. The molecule has 0 bridgehead atoms. The van der Waals surface area contributed by atoms with Crippen molar-refractivity contribution in [2.75, 3.05) is 13.1 Å². The Balaban J connectivity index is 0.00000180. The monoisotopic (exact) mass is 286 g/mol. The molecule has 4 N–H and O–H groups in total. The highest BCUT2D eigenvalue weighted by Crippen LogP contribution is 2.19. The Morgan fingerprint density at radius 3 is 2.68 bits per heavy atom. The number of carbonyl (C=O) groups is 1. The summed E-state index contributed by atoms with van der Waals surface area (Å²) in [6.45, 7) is 0.499. The molecule has 0 atom stereocenters. The van der Waals surface area contributed by atoms with E-state index in [1.54, 1.807) is 0 Å². The molecule has 0 aliphatic heterocycles. The summed E-state index contributed by atoms with van der Waals surface area (Å²) >= 11 is 0. The number of H-pyrrole nitrogens is 1. The molecule has 7 heteroatoms. The molecule has 0 spiro atoms. The lowest BCUT2D eigenvalue weighted by molar-refractivity contribution is -0.119. The molecule has 106 valence electrons. The molecule has 6 nitrogen and oxygen atoms in total. The van der Waals surface area contributed by atoms with Gasteiger partial charge in [-0.15, -0.1) is 12.4 Å². The van der Waals surface area contributed by atoms with E-state index in [-0.39, 0.29) is 30.4 Å². The minimum Gasteiger partial charge on any atom is -0.355 e. The van der Waals surface area contributed by atoms with Gasteiger partial charge in [0.25, 0.3) is 5.56 Å². The second kappa shape index (κ2) is 7.25. The van der Waals surface area contributed by atoms with E-state index in [1.807, 2.05) is 0 Å². The smallest absolute Gasteiger partial charge is 0.267 e. The summed E-state index contributed by atoms with van der Waals surface area (Å²) in [7, 11) is 0. The number of nitrogens with two attached hydrogens (primary N) is 1. The van der Waals surface area contributed by atoms with Crippen LogP contribution in [-0.4, -0.2) is 29.2 Å². The number of fused-ring (bicyclic) bond motifs is 1. The van der Waals surface area contributed by atoms with Crippen molar-refractivity contribution in [3.63, 3.8) is 0 Å². The first-order valence-corrected chi connectivity index (χ1v) is 6.28. The molecule has 2 rings (SSSR count). The van der Waals surface area contributed by atoms with Gasteiger partial charge < -0.3 is 11.1 Å². The van der Waals surface area contributed by atoms with Crippen LogP contribution in [0.1, 0.15) is 29.7 Å². The van der Waals surface area contributed by atoms with Crippen molar-refractivity contribution in [1.29, 1.82) is 0 Å². The van der Waals surface area contributed by atoms with Crippen molar-refractivity contribution in [2.24, 2.45) is 5.73 Å². The Morgan fingerprint density at radius 1 is 1.32 bits per heavy atom. The summed E-state index contributed by atoms with van der Waals surface area (Å²) in [4.78, 5) is 22.7. The Bertz CT molecular complexity index is 501. The second-order valence-corrected chi connectivity index (χ2v) is 4.47. The maximum atomic E-state index is 11.6. The second-order valence-electron chi connectivity index (χ2n) is 4.47. The predicted octanol–water partition coefficient (Wildman–Crippen LogP) is -0.312. The molecule has 1 aromatic heterocycles. The summed E-state index contributed by atoms with van der Waals surface area (Å²) in [5.74, 6) is -0.173. The lowest BCUT2D eigenvalue weighted by Crippen LogP contribution is -2.32. The van der Waals surface area contributed by atoms with E-state index in [4.69, 9.17) is 5.73 Å². The van der Waals surface area contributed by atoms with Gasteiger partial charge in [-0.25, -0.2) is 5.10 Å². The fourth-order valence-electron chi connectivity index (χ4n) is 2.33. The number of aromatic nitrogens is 2. The highest BCUT2D eigenvalue weighted by Gasteiger charge is 2.17. The van der Waals surface area contributed by atoms with Crippen LogP contribution in [0.5, 0.6) is 0 Å². The third-order valence-electron chi connectivity index (χ3n) is 3.25. The van der Waals surface area contributed by atoms with E-state index >= 15 is 0 Å². The zero-order valence-corrected chi connectivity index (χ0v) is 11.5. The van der Waals surface area contributed by atoms with E-state index in [2.05, 4.69) is 15.5 Å². The SMILES string of the molecule is Cl.NCC(=O)NCCc1n[nH]c(=O)c2c1CCCC2. The standard InChI is InChI=1S/C12H18N4O2.ClH/c13-7-11(17)14-6-5-10-8-3-1-2-4-9(8)12(18)16-15-10;/h1-7,13H2,(H,14,17)(H,16,18);1H. The fourth-order valence-corrected chi connectivity index (χ4v) is 2.33. The van der Waals surface area contributed by atoms with Crippen LogP contribution in [0.4, 0.5) is 0 Å². The summed E-state index contributed by atoms with van der Waals surface area (Å²) in [5.41, 5.74) is 7.98. The quantitative estimate of drug-likeness (QED) is 0.706. The predicted molar refractivity (Wildman–Crippen MR) is 74.5 cm³/mol. The number of hydrogen-bond acceptors (Lipinski definition) is 4. The maximum absolute atomic E-state index is 11.6. The first-order valence-electron chi connectivity index (χ1n) is 6.28. The van der Waals surface area contributed by atoms with E-state index in [9.17, 15) is 9.59 Å². The Labute approximate surface area is 117 Å². The van der Waals surface area contributed by atoms with Gasteiger partial charge in [0, 0.05) is 18.5 Å². The number of nitrogens with one attached hydrogen (secondary N) is 2. The number of hydrogen-bond donors (Lipinski definition) is 3. The van der Waals surface area contributed by atoms with E-state index in [1.165, 1.54) is 0 Å². The molecule has 1 amide bonds. The molecule has 1 heterocycles. The van der Waals surface area contributed by atoms with Crippen LogP contribution >= 0.6 is 12.4 Å². The molecule has 0 fully saturated rings. The first kappa shape index (κ1) is 15.7. The molecule has 19 heavy (non-hydrogen) atoms. The summed E-state index contributed by atoms with van der Waals surface area (Å²) in [6.07, 6.45) is 4.52. The maximum Gasteiger partial charge on any atom is 0.267 e. The van der Waals surface area contributed by atoms with Crippen molar-refractivity contribution >= 4 is 18.3 Å². The number of halogens is 1. The molecule has 0 unspecified atom stereocenters. The van der Waals surface area contributed by atoms with Crippen molar-refractivity contribution in [3.05, 3.63) is 27.2 Å². The minimum atomic E-state index is -0.173. The van der Waals surface area contributed by atoms with E-state index in [0.29, 0.717) is 13.0 Å². The molecule has 1 aromatic rings. The lowest BCUT2D eigenvalue weighted by Gasteiger charge is -2.17. The number of carbonyl (C=O) groups excluding carboxylic acids is 1. The van der Waals surface area contributed by atoms with Gasteiger partial charge in [0.15, 0.2) is 0 Å². The van der Waals surface area contributed by atoms with Gasteiger partial charge in [-0.1, -0.05) is 0 Å². The van der Waals surface area contributed by atoms with Gasteiger partial charge in [0.1, 0.15) is 0 Å². The van der Waals surface area contributed by atoms with Gasteiger partial charge in [-0.3, -0.25) is 9.59 Å². The highest BCUT2D eigenvalue weighted by molar-refractivity contribution is 5.85. The molecule has 0 saturated heterocycles. The molecule has 0 saturated carbocycles. The molecular weight excluding hydrogens is 268 g/mol. The molecule has 1 aliphatic rings. The van der Waals surface area contributed by atoms with Crippen LogP contribution in [0.25, 0.3) is 0 Å². The number of aromatic amines is 1. The van der Waals surface area contributed by atoms with Gasteiger partial charge in [-0.05, 0) is 31.2 Å². The summed E-state index contributed by atoms with van der Waals surface area (Å²) < 4.78 is 0. The zero-order valence-electron chi connectivity index (χ0n) is 10.7. The van der Waals surface area contributed by atoms with Crippen LogP contribution < -0.4 is 16.6 Å². The molecule has 0 radical (unpaired) electrons. The molecule has 0 aromatic carbocycles. The van der Waals surface area contributed by atoms with Gasteiger partial charge >= 0.3 is 0 Å². The van der Waals surface area contributed by atoms with Crippen LogP contribution in [-0.2, 0) is 24.1 Å². The van der Waals surface area contributed by atoms with Crippen LogP contribution in [0.15, 0.2) is 4.79 Å². The van der Waals surface area contributed by atoms with Crippen LogP contribution in [0.2, 0.25) is 0 Å². The molecular formula is C12H19ClN4O2. The van der Waals surface area contributed by atoms with Gasteiger partial charge in [0.05, 0.1) is 12.2 Å². The highest BCUT2D eigenvalue weighted by atomic mass is 35.5. The normalized spacial score (nSPS) is 13.3. The first-order chi connectivity index (χ1) is 8.72. The van der Waals surface area contributed by atoms with Crippen molar-refractivity contribution < 1.29 is 4.79 Å². The summed E-state index contributed by atoms with van der Waals surface area (Å²) in [5, 5.41) is 9.34. The van der Waals surface area contributed by atoms with Crippen molar-refractivity contribution in [3.8, 4) is 0 Å². The van der Waals surface area contributed by atoms with E-state index in [0.717, 1.165) is 42.5 Å². The minimum absolute atomic E-state index is 0. The third-order valence-corrected chi connectivity index (χ3v) is 3.25. The number of amides is 1. The number of nitrogens with zero attached hydrogens (tertiary/aromatic N) is 1. The Hall–Kier alpha value is -1.40. The van der Waals surface area contributed by atoms with Gasteiger partial charge in [0.2, 0.25) is 5.91 Å². The fraction of sp³-hybridized carbons (Fsp3) is 0.583. The average Bonchev–Trinajstić information content (AvgIpc) is 2.41. The molecule has 1 aliphatic carbocycles. The topological polar surface area (TPSA) is 101 Å². The van der Waals surface area contributed by atoms with Gasteiger partial charge in [-0.2, -0.15) is 5.10 Å². The third kappa shape index (κ3) is 3.78. The van der Waals surface area contributed by atoms with Crippen LogP contribution in [0, 0.1) is 0 Å². The Kier molecular flexibility index (Phi) is 5.98. The Morgan fingerprint density at radius 2 is 2.00 bits per heavy atom. The van der Waals surface area contributed by atoms with Crippen molar-refractivity contribution in [1.82, 2.24) is 15.5 Å². The lowest BCUT2D eigenvalue weighted by atomic mass is 9.91. The van der Waals surface area contributed by atoms with E-state index < -0.39 is 0 Å². The summed E-state index contributed by atoms with van der Waals surface area (Å²) in [6, 6.07) is 0. The zero-order chi connectivity index (χ0) is 13.0. The van der Waals surface area contributed by atoms with Crippen molar-refractivity contribution in [2.45, 2.75) is 32.1 Å². The average molecular weight is 287 g/mol.